The molecule has 0 amide bonds. The Hall–Kier alpha value is -1.97. The van der Waals surface area contributed by atoms with Crippen LogP contribution in [0.15, 0.2) is 18.2 Å². The molecule has 1 aromatic carbocycles. The van der Waals surface area contributed by atoms with Crippen molar-refractivity contribution in [2.45, 2.75) is 13.3 Å². The van der Waals surface area contributed by atoms with Crippen molar-refractivity contribution >= 4 is 12.0 Å². The first-order valence-corrected chi connectivity index (χ1v) is 5.05. The summed E-state index contributed by atoms with van der Waals surface area (Å²) in [6.45, 7) is 2.23. The molecule has 0 saturated heterocycles. The van der Waals surface area contributed by atoms with Crippen LogP contribution < -0.4 is 9.47 Å². The van der Waals surface area contributed by atoms with Crippen molar-refractivity contribution in [3.05, 3.63) is 29.3 Å². The van der Waals surface area contributed by atoms with Crippen molar-refractivity contribution in [1.82, 2.24) is 0 Å². The first-order valence-electron chi connectivity index (χ1n) is 5.05. The molecule has 1 N–H and O–H groups in total. The maximum atomic E-state index is 10.5. The Kier molecular flexibility index (Phi) is 2.81. The highest BCUT2D eigenvalue weighted by molar-refractivity contribution is 5.86. The number of ether oxygens (including phenoxy) is 2. The lowest BCUT2D eigenvalue weighted by molar-refractivity contribution is -0.131. The van der Waals surface area contributed by atoms with E-state index < -0.39 is 5.97 Å². The van der Waals surface area contributed by atoms with Crippen LogP contribution in [0.25, 0.3) is 6.08 Å². The average molecular weight is 220 g/mol. The number of aliphatic carboxylic acids is 1. The fourth-order valence-electron chi connectivity index (χ4n) is 1.73. The lowest BCUT2D eigenvalue weighted by atomic mass is 10.0. The van der Waals surface area contributed by atoms with Crippen LogP contribution >= 0.6 is 0 Å². The van der Waals surface area contributed by atoms with E-state index in [4.69, 9.17) is 14.6 Å². The molecule has 1 aliphatic heterocycles. The zero-order chi connectivity index (χ0) is 11.5. The van der Waals surface area contributed by atoms with E-state index in [1.807, 2.05) is 13.0 Å². The van der Waals surface area contributed by atoms with Gasteiger partial charge in [0.05, 0.1) is 0 Å². The van der Waals surface area contributed by atoms with Crippen molar-refractivity contribution in [3.8, 4) is 11.5 Å². The molecule has 0 spiro atoms. The summed E-state index contributed by atoms with van der Waals surface area (Å²) in [5.74, 6) is 0.499. The average Bonchev–Trinajstić information content (AvgIpc) is 2.73. The van der Waals surface area contributed by atoms with E-state index in [0.717, 1.165) is 35.1 Å². The van der Waals surface area contributed by atoms with Gasteiger partial charge in [-0.3, -0.25) is 0 Å². The van der Waals surface area contributed by atoms with Gasteiger partial charge in [0.25, 0.3) is 0 Å². The fourth-order valence-corrected chi connectivity index (χ4v) is 1.73. The molecule has 1 heterocycles. The second kappa shape index (κ2) is 4.26. The van der Waals surface area contributed by atoms with E-state index in [2.05, 4.69) is 0 Å². The standard InChI is InChI=1S/C12H12O4/c1-2-9-8(4-6-11(13)14)3-5-10-12(9)16-7-15-10/h3-6H,2,7H2,1H3,(H,13,14). The van der Waals surface area contributed by atoms with E-state index in [1.165, 1.54) is 0 Å². The van der Waals surface area contributed by atoms with Crippen molar-refractivity contribution in [2.24, 2.45) is 0 Å². The molecule has 84 valence electrons. The number of carboxylic acids is 1. The van der Waals surface area contributed by atoms with Gasteiger partial charge in [-0.2, -0.15) is 0 Å². The van der Waals surface area contributed by atoms with Gasteiger partial charge in [0.2, 0.25) is 6.79 Å². The SMILES string of the molecule is CCc1c(C=CC(=O)O)ccc2c1OCO2. The fraction of sp³-hybridized carbons (Fsp3) is 0.250. The molecular weight excluding hydrogens is 208 g/mol. The molecule has 16 heavy (non-hydrogen) atoms. The van der Waals surface area contributed by atoms with Crippen LogP contribution in [-0.2, 0) is 11.2 Å². The van der Waals surface area contributed by atoms with E-state index in [9.17, 15) is 4.79 Å². The lowest BCUT2D eigenvalue weighted by Crippen LogP contribution is -1.95. The topological polar surface area (TPSA) is 55.8 Å². The third-order valence-electron chi connectivity index (χ3n) is 2.44. The maximum Gasteiger partial charge on any atom is 0.328 e. The lowest BCUT2D eigenvalue weighted by Gasteiger charge is -2.07. The predicted octanol–water partition coefficient (Wildman–Crippen LogP) is 2.08. The minimum Gasteiger partial charge on any atom is -0.478 e. The number of rotatable bonds is 3. The van der Waals surface area contributed by atoms with Crippen molar-refractivity contribution in [3.63, 3.8) is 0 Å². The normalized spacial score (nSPS) is 13.3. The number of carboxylic acid groups (broad SMARTS) is 1. The van der Waals surface area contributed by atoms with Gasteiger partial charge in [-0.15, -0.1) is 0 Å². The quantitative estimate of drug-likeness (QED) is 0.792. The minimum absolute atomic E-state index is 0.231. The zero-order valence-corrected chi connectivity index (χ0v) is 8.90. The van der Waals surface area contributed by atoms with Crippen LogP contribution in [0.4, 0.5) is 0 Å². The van der Waals surface area contributed by atoms with E-state index in [0.29, 0.717) is 0 Å². The van der Waals surface area contributed by atoms with Crippen molar-refractivity contribution in [2.75, 3.05) is 6.79 Å². The number of hydrogen-bond acceptors (Lipinski definition) is 3. The van der Waals surface area contributed by atoms with Gasteiger partial charge < -0.3 is 14.6 Å². The summed E-state index contributed by atoms with van der Waals surface area (Å²) in [5, 5.41) is 8.59. The molecule has 0 radical (unpaired) electrons. The number of carbonyl (C=O) groups is 1. The highest BCUT2D eigenvalue weighted by Gasteiger charge is 2.18. The van der Waals surface area contributed by atoms with Crippen molar-refractivity contribution < 1.29 is 19.4 Å². The summed E-state index contributed by atoms with van der Waals surface area (Å²) in [5.41, 5.74) is 1.83. The molecule has 0 aromatic heterocycles. The maximum absolute atomic E-state index is 10.5. The Balaban J connectivity index is 2.43. The molecule has 1 aromatic rings. The summed E-state index contributed by atoms with van der Waals surface area (Å²) in [6, 6.07) is 3.63. The highest BCUT2D eigenvalue weighted by Crippen LogP contribution is 2.38. The predicted molar refractivity (Wildman–Crippen MR) is 58.6 cm³/mol. The Bertz CT molecular complexity index is 449. The molecular formula is C12H12O4. The van der Waals surface area contributed by atoms with Gasteiger partial charge in [-0.05, 0) is 24.1 Å². The Morgan fingerprint density at radius 2 is 2.31 bits per heavy atom. The molecule has 1 aliphatic rings. The second-order valence-corrected chi connectivity index (χ2v) is 3.39. The third-order valence-corrected chi connectivity index (χ3v) is 2.44. The number of benzene rings is 1. The van der Waals surface area contributed by atoms with E-state index in [1.54, 1.807) is 12.1 Å². The first-order chi connectivity index (χ1) is 7.72. The molecule has 0 saturated carbocycles. The summed E-state index contributed by atoms with van der Waals surface area (Å²) >= 11 is 0. The Morgan fingerprint density at radius 1 is 1.50 bits per heavy atom. The summed E-state index contributed by atoms with van der Waals surface area (Å²) < 4.78 is 10.6. The molecule has 0 unspecified atom stereocenters. The van der Waals surface area contributed by atoms with Gasteiger partial charge in [0.1, 0.15) is 0 Å². The molecule has 0 fully saturated rings. The second-order valence-electron chi connectivity index (χ2n) is 3.39. The van der Waals surface area contributed by atoms with Gasteiger partial charge in [0.15, 0.2) is 11.5 Å². The summed E-state index contributed by atoms with van der Waals surface area (Å²) in [7, 11) is 0. The smallest absolute Gasteiger partial charge is 0.328 e. The van der Waals surface area contributed by atoms with Crippen molar-refractivity contribution in [1.29, 1.82) is 0 Å². The summed E-state index contributed by atoms with van der Waals surface area (Å²) in [6.07, 6.45) is 3.46. The number of fused-ring (bicyclic) bond motifs is 1. The third kappa shape index (κ3) is 1.86. The van der Waals surface area contributed by atoms with Crippen LogP contribution in [0.3, 0.4) is 0 Å². The molecule has 2 rings (SSSR count). The van der Waals surface area contributed by atoms with Crippen LogP contribution in [0.5, 0.6) is 11.5 Å². The van der Waals surface area contributed by atoms with Gasteiger partial charge in [-0.25, -0.2) is 4.79 Å². The molecule has 0 bridgehead atoms. The van der Waals surface area contributed by atoms with Crippen LogP contribution in [-0.4, -0.2) is 17.9 Å². The number of hydrogen-bond donors (Lipinski definition) is 1. The van der Waals surface area contributed by atoms with Gasteiger partial charge >= 0.3 is 5.97 Å². The van der Waals surface area contributed by atoms with E-state index >= 15 is 0 Å². The van der Waals surface area contributed by atoms with Crippen LogP contribution in [0.2, 0.25) is 0 Å². The summed E-state index contributed by atoms with van der Waals surface area (Å²) in [4.78, 5) is 10.5. The monoisotopic (exact) mass is 220 g/mol. The van der Waals surface area contributed by atoms with Crippen LogP contribution in [0.1, 0.15) is 18.1 Å². The molecule has 0 atom stereocenters. The first kappa shape index (κ1) is 10.5. The highest BCUT2D eigenvalue weighted by atomic mass is 16.7. The Labute approximate surface area is 93.1 Å². The Morgan fingerprint density at radius 3 is 3.00 bits per heavy atom. The largest absolute Gasteiger partial charge is 0.478 e. The van der Waals surface area contributed by atoms with Gasteiger partial charge in [0, 0.05) is 11.6 Å². The molecule has 0 aliphatic carbocycles. The molecule has 4 nitrogen and oxygen atoms in total. The zero-order valence-electron chi connectivity index (χ0n) is 8.90. The minimum atomic E-state index is -0.959. The van der Waals surface area contributed by atoms with Gasteiger partial charge in [-0.1, -0.05) is 13.0 Å². The molecule has 4 heteroatoms. The van der Waals surface area contributed by atoms with E-state index in [-0.39, 0.29) is 6.79 Å². The van der Waals surface area contributed by atoms with Crippen LogP contribution in [0, 0.1) is 0 Å².